The van der Waals surface area contributed by atoms with Crippen LogP contribution in [0, 0.1) is 0 Å². The van der Waals surface area contributed by atoms with Crippen molar-refractivity contribution in [3.8, 4) is 0 Å². The summed E-state index contributed by atoms with van der Waals surface area (Å²) in [6.45, 7) is 4.48. The summed E-state index contributed by atoms with van der Waals surface area (Å²) >= 11 is 3.47. The molecular formula is C16H18BrN. The average Bonchev–Trinajstić information content (AvgIpc) is 2.40. The molecule has 2 unspecified atom stereocenters. The molecule has 0 saturated heterocycles. The fourth-order valence-electron chi connectivity index (χ4n) is 1.98. The lowest BCUT2D eigenvalue weighted by molar-refractivity contribution is 0.650. The average molecular weight is 304 g/mol. The van der Waals surface area contributed by atoms with E-state index in [9.17, 15) is 0 Å². The predicted octanol–water partition coefficient (Wildman–Crippen LogP) is 5.05. The molecule has 18 heavy (non-hydrogen) atoms. The van der Waals surface area contributed by atoms with Crippen molar-refractivity contribution in [2.24, 2.45) is 0 Å². The summed E-state index contributed by atoms with van der Waals surface area (Å²) in [5.74, 6) is 0.471. The third-order valence-electron chi connectivity index (χ3n) is 3.31. The van der Waals surface area contributed by atoms with Crippen LogP contribution in [0.1, 0.15) is 25.3 Å². The highest BCUT2D eigenvalue weighted by Crippen LogP contribution is 2.23. The van der Waals surface area contributed by atoms with Crippen molar-refractivity contribution in [3.63, 3.8) is 0 Å². The monoisotopic (exact) mass is 303 g/mol. The van der Waals surface area contributed by atoms with Crippen LogP contribution in [-0.2, 0) is 0 Å². The Morgan fingerprint density at radius 1 is 0.889 bits per heavy atom. The second-order valence-corrected chi connectivity index (χ2v) is 5.55. The molecule has 0 bridgehead atoms. The molecule has 0 heterocycles. The third-order valence-corrected chi connectivity index (χ3v) is 3.84. The molecule has 94 valence electrons. The minimum Gasteiger partial charge on any atom is -0.382 e. The highest BCUT2D eigenvalue weighted by Gasteiger charge is 2.13. The van der Waals surface area contributed by atoms with Crippen molar-refractivity contribution in [1.29, 1.82) is 0 Å². The normalized spacial score (nSPS) is 13.9. The molecule has 2 aromatic carbocycles. The summed E-state index contributed by atoms with van der Waals surface area (Å²) in [4.78, 5) is 0. The maximum Gasteiger partial charge on any atom is 0.0342 e. The zero-order chi connectivity index (χ0) is 13.0. The van der Waals surface area contributed by atoms with Crippen LogP contribution < -0.4 is 5.32 Å². The Morgan fingerprint density at radius 3 is 2.11 bits per heavy atom. The fraction of sp³-hybridized carbons (Fsp3) is 0.250. The maximum atomic E-state index is 3.54. The van der Waals surface area contributed by atoms with E-state index in [0.717, 1.165) is 4.47 Å². The summed E-state index contributed by atoms with van der Waals surface area (Å²) in [7, 11) is 0. The van der Waals surface area contributed by atoms with Gasteiger partial charge in [0, 0.05) is 22.1 Å². The molecule has 0 amide bonds. The summed E-state index contributed by atoms with van der Waals surface area (Å²) in [5, 5.41) is 3.54. The van der Waals surface area contributed by atoms with Crippen molar-refractivity contribution >= 4 is 21.6 Å². The lowest BCUT2D eigenvalue weighted by Crippen LogP contribution is -2.22. The van der Waals surface area contributed by atoms with E-state index in [1.54, 1.807) is 0 Å². The third kappa shape index (κ3) is 3.36. The molecule has 1 nitrogen and oxygen atoms in total. The second kappa shape index (κ2) is 6.05. The van der Waals surface area contributed by atoms with Crippen molar-refractivity contribution in [3.05, 3.63) is 64.6 Å². The molecule has 2 heteroatoms. The molecule has 2 atom stereocenters. The van der Waals surface area contributed by atoms with Gasteiger partial charge in [0.1, 0.15) is 0 Å². The van der Waals surface area contributed by atoms with Gasteiger partial charge >= 0.3 is 0 Å². The number of anilines is 1. The summed E-state index contributed by atoms with van der Waals surface area (Å²) in [5.41, 5.74) is 2.53. The Morgan fingerprint density at radius 2 is 1.50 bits per heavy atom. The number of hydrogen-bond acceptors (Lipinski definition) is 1. The van der Waals surface area contributed by atoms with Crippen molar-refractivity contribution < 1.29 is 0 Å². The van der Waals surface area contributed by atoms with Gasteiger partial charge in [-0.1, -0.05) is 53.2 Å². The van der Waals surface area contributed by atoms with Gasteiger partial charge in [-0.05, 0) is 36.8 Å². The molecule has 0 aliphatic rings. The number of para-hydroxylation sites is 1. The molecule has 0 aliphatic carbocycles. The minimum absolute atomic E-state index is 0.397. The number of hydrogen-bond donors (Lipinski definition) is 1. The highest BCUT2D eigenvalue weighted by atomic mass is 79.9. The van der Waals surface area contributed by atoms with E-state index in [1.165, 1.54) is 11.3 Å². The zero-order valence-electron chi connectivity index (χ0n) is 10.7. The van der Waals surface area contributed by atoms with Crippen molar-refractivity contribution in [1.82, 2.24) is 0 Å². The van der Waals surface area contributed by atoms with E-state index < -0.39 is 0 Å². The van der Waals surface area contributed by atoms with Crippen LogP contribution in [0.5, 0.6) is 0 Å². The van der Waals surface area contributed by atoms with Gasteiger partial charge in [0.2, 0.25) is 0 Å². The van der Waals surface area contributed by atoms with Gasteiger partial charge in [-0.25, -0.2) is 0 Å². The summed E-state index contributed by atoms with van der Waals surface area (Å²) < 4.78 is 1.13. The van der Waals surface area contributed by atoms with E-state index in [2.05, 4.69) is 83.6 Å². The lowest BCUT2D eigenvalue weighted by atomic mass is 9.94. The van der Waals surface area contributed by atoms with Crippen LogP contribution in [0.15, 0.2) is 59.1 Å². The van der Waals surface area contributed by atoms with Gasteiger partial charge < -0.3 is 5.32 Å². The van der Waals surface area contributed by atoms with E-state index in [4.69, 9.17) is 0 Å². The smallest absolute Gasteiger partial charge is 0.0342 e. The lowest BCUT2D eigenvalue weighted by Gasteiger charge is -2.23. The van der Waals surface area contributed by atoms with Gasteiger partial charge in [-0.2, -0.15) is 0 Å². The van der Waals surface area contributed by atoms with E-state index in [1.807, 2.05) is 6.07 Å². The zero-order valence-corrected chi connectivity index (χ0v) is 12.3. The van der Waals surface area contributed by atoms with Crippen LogP contribution >= 0.6 is 15.9 Å². The molecule has 2 rings (SSSR count). The topological polar surface area (TPSA) is 12.0 Å². The van der Waals surface area contributed by atoms with Crippen molar-refractivity contribution in [2.75, 3.05) is 5.32 Å². The number of nitrogens with one attached hydrogen (secondary N) is 1. The fourth-order valence-corrected chi connectivity index (χ4v) is 2.24. The van der Waals surface area contributed by atoms with Crippen LogP contribution in [-0.4, -0.2) is 6.04 Å². The highest BCUT2D eigenvalue weighted by molar-refractivity contribution is 9.10. The second-order valence-electron chi connectivity index (χ2n) is 4.64. The van der Waals surface area contributed by atoms with Gasteiger partial charge in [0.05, 0.1) is 0 Å². The Labute approximate surface area is 117 Å². The largest absolute Gasteiger partial charge is 0.382 e. The first kappa shape index (κ1) is 13.2. The SMILES string of the molecule is CC(Nc1ccccc1)C(C)c1ccc(Br)cc1. The summed E-state index contributed by atoms with van der Waals surface area (Å²) in [6.07, 6.45) is 0. The maximum absolute atomic E-state index is 3.54. The van der Waals surface area contributed by atoms with Crippen LogP contribution in [0.2, 0.25) is 0 Å². The Balaban J connectivity index is 2.05. The number of halogens is 1. The van der Waals surface area contributed by atoms with Crippen LogP contribution in [0.3, 0.4) is 0 Å². The molecule has 0 fully saturated rings. The number of benzene rings is 2. The van der Waals surface area contributed by atoms with Crippen LogP contribution in [0.25, 0.3) is 0 Å². The Bertz CT molecular complexity index is 478. The molecule has 2 aromatic rings. The Kier molecular flexibility index (Phi) is 4.43. The molecule has 0 aromatic heterocycles. The molecule has 1 N–H and O–H groups in total. The quantitative estimate of drug-likeness (QED) is 0.833. The molecular weight excluding hydrogens is 286 g/mol. The van der Waals surface area contributed by atoms with Gasteiger partial charge in [0.25, 0.3) is 0 Å². The standard InChI is InChI=1S/C16H18BrN/c1-12(14-8-10-15(17)11-9-14)13(2)18-16-6-4-3-5-7-16/h3-13,18H,1-2H3. The van der Waals surface area contributed by atoms with Gasteiger partial charge in [-0.15, -0.1) is 0 Å². The minimum atomic E-state index is 0.397. The van der Waals surface area contributed by atoms with Gasteiger partial charge in [0.15, 0.2) is 0 Å². The molecule has 0 aliphatic heterocycles. The summed E-state index contributed by atoms with van der Waals surface area (Å²) in [6, 6.07) is 19.3. The first-order valence-electron chi connectivity index (χ1n) is 6.24. The van der Waals surface area contributed by atoms with Crippen molar-refractivity contribution in [2.45, 2.75) is 25.8 Å². The van der Waals surface area contributed by atoms with E-state index >= 15 is 0 Å². The van der Waals surface area contributed by atoms with Gasteiger partial charge in [-0.3, -0.25) is 0 Å². The van der Waals surface area contributed by atoms with Crippen LogP contribution in [0.4, 0.5) is 5.69 Å². The van der Waals surface area contributed by atoms with E-state index in [-0.39, 0.29) is 0 Å². The molecule has 0 saturated carbocycles. The Hall–Kier alpha value is -1.28. The first-order chi connectivity index (χ1) is 8.66. The van der Waals surface area contributed by atoms with E-state index in [0.29, 0.717) is 12.0 Å². The first-order valence-corrected chi connectivity index (χ1v) is 7.03. The molecule has 0 radical (unpaired) electrons. The predicted molar refractivity (Wildman–Crippen MR) is 82.1 cm³/mol. The molecule has 0 spiro atoms. The number of rotatable bonds is 4.